The van der Waals surface area contributed by atoms with Crippen LogP contribution in [0.4, 0.5) is 0 Å². The van der Waals surface area contributed by atoms with Gasteiger partial charge < -0.3 is 9.84 Å². The van der Waals surface area contributed by atoms with E-state index in [1.54, 1.807) is 0 Å². The zero-order chi connectivity index (χ0) is 16.2. The van der Waals surface area contributed by atoms with Crippen molar-refractivity contribution < 1.29 is 9.32 Å². The highest BCUT2D eigenvalue weighted by atomic mass is 35.5. The molecule has 0 aliphatic heterocycles. The highest BCUT2D eigenvalue weighted by Crippen LogP contribution is 2.23. The van der Waals surface area contributed by atoms with Gasteiger partial charge in [-0.1, -0.05) is 17.3 Å². The fourth-order valence-electron chi connectivity index (χ4n) is 2.96. The topological polar surface area (TPSA) is 68.0 Å². The van der Waals surface area contributed by atoms with E-state index in [0.29, 0.717) is 30.6 Å². The molecule has 130 valence electrons. The number of benzene rings is 1. The van der Waals surface area contributed by atoms with E-state index >= 15 is 0 Å². The van der Waals surface area contributed by atoms with Crippen molar-refractivity contribution in [2.24, 2.45) is 0 Å². The summed E-state index contributed by atoms with van der Waals surface area (Å²) in [6.07, 6.45) is 5.05. The quantitative estimate of drug-likeness (QED) is 0.778. The molecule has 0 saturated carbocycles. The first-order chi connectivity index (χ1) is 11.2. The van der Waals surface area contributed by atoms with Crippen molar-refractivity contribution in [3.8, 4) is 0 Å². The lowest BCUT2D eigenvalue weighted by Gasteiger charge is -2.04. The summed E-state index contributed by atoms with van der Waals surface area (Å²) in [7, 11) is 1.90. The van der Waals surface area contributed by atoms with E-state index in [0.717, 1.165) is 24.8 Å². The number of nitrogens with one attached hydrogen (secondary N) is 1. The SMILES string of the molecule is CNC(C)Cc1noc(CCC(=O)c2ccc3c(c2)CCC3)n1.Cl. The van der Waals surface area contributed by atoms with Crippen molar-refractivity contribution in [3.63, 3.8) is 0 Å². The van der Waals surface area contributed by atoms with E-state index in [9.17, 15) is 4.79 Å². The number of nitrogens with zero attached hydrogens (tertiary/aromatic N) is 2. The first-order valence-corrected chi connectivity index (χ1v) is 8.29. The van der Waals surface area contributed by atoms with Gasteiger partial charge in [-0.2, -0.15) is 4.98 Å². The molecule has 1 unspecified atom stereocenters. The van der Waals surface area contributed by atoms with E-state index in [1.807, 2.05) is 13.1 Å². The van der Waals surface area contributed by atoms with Crippen molar-refractivity contribution in [1.29, 1.82) is 0 Å². The molecule has 0 fully saturated rings. The monoisotopic (exact) mass is 349 g/mol. The molecule has 1 atom stereocenters. The summed E-state index contributed by atoms with van der Waals surface area (Å²) in [5.41, 5.74) is 3.52. The number of Topliss-reactive ketones (excluding diaryl/α,β-unsaturated/α-hetero) is 1. The van der Waals surface area contributed by atoms with Crippen LogP contribution in [-0.2, 0) is 25.7 Å². The van der Waals surface area contributed by atoms with E-state index in [-0.39, 0.29) is 18.2 Å². The van der Waals surface area contributed by atoms with Gasteiger partial charge in [0.2, 0.25) is 5.89 Å². The molecular formula is C18H24ClN3O2. The van der Waals surface area contributed by atoms with Crippen molar-refractivity contribution in [3.05, 3.63) is 46.6 Å². The molecule has 24 heavy (non-hydrogen) atoms. The predicted octanol–water partition coefficient (Wildman–Crippen LogP) is 2.95. The van der Waals surface area contributed by atoms with Gasteiger partial charge in [0, 0.05) is 30.9 Å². The summed E-state index contributed by atoms with van der Waals surface area (Å²) in [6.45, 7) is 2.06. The number of hydrogen-bond donors (Lipinski definition) is 1. The van der Waals surface area contributed by atoms with E-state index in [1.165, 1.54) is 17.5 Å². The lowest BCUT2D eigenvalue weighted by molar-refractivity contribution is 0.0979. The van der Waals surface area contributed by atoms with Crippen LogP contribution in [0.25, 0.3) is 0 Å². The number of carbonyl (C=O) groups is 1. The average Bonchev–Trinajstić information content (AvgIpc) is 3.20. The third-order valence-corrected chi connectivity index (χ3v) is 4.48. The van der Waals surface area contributed by atoms with Gasteiger partial charge in [0.15, 0.2) is 11.6 Å². The summed E-state index contributed by atoms with van der Waals surface area (Å²) < 4.78 is 5.23. The second-order valence-corrected chi connectivity index (χ2v) is 6.26. The molecule has 6 heteroatoms. The van der Waals surface area contributed by atoms with Crippen LogP contribution in [0.2, 0.25) is 0 Å². The zero-order valence-corrected chi connectivity index (χ0v) is 15.0. The standard InChI is InChI=1S/C18H23N3O2.ClH/c1-12(19-2)10-17-20-18(23-21-17)9-8-16(22)15-7-6-13-4-3-5-14(13)11-15;/h6-7,11-12,19H,3-5,8-10H2,1-2H3;1H. The summed E-state index contributed by atoms with van der Waals surface area (Å²) in [5, 5.41) is 7.10. The molecule has 1 aliphatic rings. The first kappa shape index (κ1) is 18.6. The second-order valence-electron chi connectivity index (χ2n) is 6.26. The summed E-state index contributed by atoms with van der Waals surface area (Å²) in [4.78, 5) is 16.7. The normalized spacial score (nSPS) is 14.1. The highest BCUT2D eigenvalue weighted by molar-refractivity contribution is 5.96. The number of halogens is 1. The second kappa shape index (κ2) is 8.40. The Hall–Kier alpha value is -1.72. The number of likely N-dealkylation sites (N-methyl/N-ethyl adjacent to an activating group) is 1. The fraction of sp³-hybridized carbons (Fsp3) is 0.500. The van der Waals surface area contributed by atoms with Crippen LogP contribution >= 0.6 is 12.4 Å². The van der Waals surface area contributed by atoms with Crippen LogP contribution in [0.1, 0.15) is 53.0 Å². The van der Waals surface area contributed by atoms with Gasteiger partial charge in [-0.15, -0.1) is 12.4 Å². The van der Waals surface area contributed by atoms with Gasteiger partial charge in [0.25, 0.3) is 0 Å². The van der Waals surface area contributed by atoms with Crippen molar-refractivity contribution in [2.75, 3.05) is 7.05 Å². The lowest BCUT2D eigenvalue weighted by atomic mass is 10.0. The van der Waals surface area contributed by atoms with Crippen molar-refractivity contribution in [2.45, 2.75) is 51.5 Å². The lowest BCUT2D eigenvalue weighted by Crippen LogP contribution is -2.24. The van der Waals surface area contributed by atoms with Gasteiger partial charge in [0.1, 0.15) is 0 Å². The number of ketones is 1. The molecular weight excluding hydrogens is 326 g/mol. The Labute approximate surface area is 148 Å². The Kier molecular flexibility index (Phi) is 6.52. The molecule has 2 aromatic rings. The first-order valence-electron chi connectivity index (χ1n) is 8.29. The number of carbonyl (C=O) groups excluding carboxylic acids is 1. The fourth-order valence-corrected chi connectivity index (χ4v) is 2.96. The molecule has 1 N–H and O–H groups in total. The Bertz CT molecular complexity index is 699. The highest BCUT2D eigenvalue weighted by Gasteiger charge is 2.15. The van der Waals surface area contributed by atoms with Gasteiger partial charge in [0.05, 0.1) is 0 Å². The Morgan fingerprint density at radius 1 is 1.33 bits per heavy atom. The van der Waals surface area contributed by atoms with Crippen LogP contribution < -0.4 is 5.32 Å². The van der Waals surface area contributed by atoms with Gasteiger partial charge in [-0.05, 0) is 50.4 Å². The molecule has 1 heterocycles. The maximum absolute atomic E-state index is 12.3. The molecule has 0 bridgehead atoms. The van der Waals surface area contributed by atoms with Crippen LogP contribution in [0.3, 0.4) is 0 Å². The van der Waals surface area contributed by atoms with E-state index in [2.05, 4.69) is 34.5 Å². The molecule has 0 spiro atoms. The van der Waals surface area contributed by atoms with Crippen molar-refractivity contribution in [1.82, 2.24) is 15.5 Å². The smallest absolute Gasteiger partial charge is 0.227 e. The molecule has 5 nitrogen and oxygen atoms in total. The molecule has 1 aromatic heterocycles. The van der Waals surface area contributed by atoms with Crippen LogP contribution in [0, 0.1) is 0 Å². The summed E-state index contributed by atoms with van der Waals surface area (Å²) in [5.74, 6) is 1.37. The molecule has 1 aliphatic carbocycles. The number of fused-ring (bicyclic) bond motifs is 1. The van der Waals surface area contributed by atoms with Crippen LogP contribution in [-0.4, -0.2) is 29.0 Å². The third kappa shape index (κ3) is 4.42. The minimum Gasteiger partial charge on any atom is -0.339 e. The molecule has 0 amide bonds. The van der Waals surface area contributed by atoms with Gasteiger partial charge in [-0.25, -0.2) is 0 Å². The Morgan fingerprint density at radius 2 is 2.12 bits per heavy atom. The largest absolute Gasteiger partial charge is 0.339 e. The zero-order valence-electron chi connectivity index (χ0n) is 14.2. The van der Waals surface area contributed by atoms with E-state index < -0.39 is 0 Å². The minimum atomic E-state index is 0. The maximum Gasteiger partial charge on any atom is 0.227 e. The number of hydrogen-bond acceptors (Lipinski definition) is 5. The Morgan fingerprint density at radius 3 is 2.92 bits per heavy atom. The number of aryl methyl sites for hydroxylation is 3. The maximum atomic E-state index is 12.3. The van der Waals surface area contributed by atoms with E-state index in [4.69, 9.17) is 4.52 Å². The van der Waals surface area contributed by atoms with Gasteiger partial charge in [-0.3, -0.25) is 4.79 Å². The summed E-state index contributed by atoms with van der Waals surface area (Å²) in [6, 6.07) is 6.40. The Balaban J connectivity index is 0.00000208. The molecule has 1 aromatic carbocycles. The molecule has 3 rings (SSSR count). The average molecular weight is 350 g/mol. The number of rotatable bonds is 7. The molecule has 0 saturated heterocycles. The number of aromatic nitrogens is 2. The van der Waals surface area contributed by atoms with Gasteiger partial charge >= 0.3 is 0 Å². The van der Waals surface area contributed by atoms with Crippen LogP contribution in [0.5, 0.6) is 0 Å². The third-order valence-electron chi connectivity index (χ3n) is 4.48. The molecule has 0 radical (unpaired) electrons. The predicted molar refractivity (Wildman–Crippen MR) is 94.9 cm³/mol. The summed E-state index contributed by atoms with van der Waals surface area (Å²) >= 11 is 0. The minimum absolute atomic E-state index is 0. The van der Waals surface area contributed by atoms with Crippen molar-refractivity contribution >= 4 is 18.2 Å². The van der Waals surface area contributed by atoms with Crippen LogP contribution in [0.15, 0.2) is 22.7 Å².